The van der Waals surface area contributed by atoms with E-state index in [-0.39, 0.29) is 6.04 Å². The molecule has 2 N–H and O–H groups in total. The van der Waals surface area contributed by atoms with Crippen molar-refractivity contribution in [2.24, 2.45) is 11.1 Å². The number of rotatable bonds is 5. The zero-order chi connectivity index (χ0) is 14.6. The van der Waals surface area contributed by atoms with Gasteiger partial charge in [-0.05, 0) is 55.4 Å². The van der Waals surface area contributed by atoms with Crippen molar-refractivity contribution in [3.63, 3.8) is 0 Å². The number of halogens is 1. The lowest BCUT2D eigenvalue weighted by molar-refractivity contribution is 0.240. The van der Waals surface area contributed by atoms with Crippen molar-refractivity contribution in [1.29, 1.82) is 0 Å². The Balaban J connectivity index is 2.85. The van der Waals surface area contributed by atoms with Crippen LogP contribution >= 0.6 is 15.9 Å². The summed E-state index contributed by atoms with van der Waals surface area (Å²) >= 11 is 3.54. The van der Waals surface area contributed by atoms with E-state index < -0.39 is 0 Å². The van der Waals surface area contributed by atoms with Gasteiger partial charge in [0.15, 0.2) is 0 Å². The van der Waals surface area contributed by atoms with E-state index >= 15 is 0 Å². The molecule has 0 bridgehead atoms. The van der Waals surface area contributed by atoms with Gasteiger partial charge in [0, 0.05) is 10.5 Å². The van der Waals surface area contributed by atoms with Gasteiger partial charge in [-0.2, -0.15) is 0 Å². The largest absolute Gasteiger partial charge is 0.493 e. The van der Waals surface area contributed by atoms with Gasteiger partial charge < -0.3 is 10.5 Å². The highest BCUT2D eigenvalue weighted by molar-refractivity contribution is 9.10. The van der Waals surface area contributed by atoms with Crippen LogP contribution in [-0.4, -0.2) is 12.6 Å². The van der Waals surface area contributed by atoms with Gasteiger partial charge in [0.1, 0.15) is 5.75 Å². The van der Waals surface area contributed by atoms with Crippen LogP contribution in [-0.2, 0) is 6.42 Å². The number of aryl methyl sites for hydroxylation is 1. The minimum Gasteiger partial charge on any atom is -0.493 e. The van der Waals surface area contributed by atoms with Crippen molar-refractivity contribution >= 4 is 15.9 Å². The molecule has 108 valence electrons. The van der Waals surface area contributed by atoms with Gasteiger partial charge in [0.05, 0.1) is 6.61 Å². The average Bonchev–Trinajstić information content (AvgIpc) is 2.19. The van der Waals surface area contributed by atoms with Crippen LogP contribution in [0.15, 0.2) is 16.6 Å². The molecule has 0 aliphatic carbocycles. The molecule has 0 amide bonds. The molecule has 19 heavy (non-hydrogen) atoms. The van der Waals surface area contributed by atoms with Crippen molar-refractivity contribution in [3.8, 4) is 5.75 Å². The standard InChI is InChI=1S/C16H26BrNO/c1-11-8-14(17)10-13(9-12(2)18)15(11)19-7-6-16(3,4)5/h8,10,12H,6-7,9,18H2,1-5H3. The van der Waals surface area contributed by atoms with Crippen LogP contribution < -0.4 is 10.5 Å². The SMILES string of the molecule is Cc1cc(Br)cc(CC(C)N)c1OCCC(C)(C)C. The number of hydrogen-bond acceptors (Lipinski definition) is 2. The maximum Gasteiger partial charge on any atom is 0.125 e. The van der Waals surface area contributed by atoms with Crippen molar-refractivity contribution in [3.05, 3.63) is 27.7 Å². The van der Waals surface area contributed by atoms with Gasteiger partial charge in [-0.25, -0.2) is 0 Å². The highest BCUT2D eigenvalue weighted by Crippen LogP contribution is 2.30. The summed E-state index contributed by atoms with van der Waals surface area (Å²) in [5.74, 6) is 1.00. The molecule has 0 aliphatic rings. The van der Waals surface area contributed by atoms with Gasteiger partial charge >= 0.3 is 0 Å². The summed E-state index contributed by atoms with van der Waals surface area (Å²) < 4.78 is 7.11. The third kappa shape index (κ3) is 5.96. The summed E-state index contributed by atoms with van der Waals surface area (Å²) in [7, 11) is 0. The molecule has 1 rings (SSSR count). The zero-order valence-corrected chi connectivity index (χ0v) is 14.3. The van der Waals surface area contributed by atoms with Crippen molar-refractivity contribution in [2.45, 2.75) is 53.5 Å². The van der Waals surface area contributed by atoms with Crippen LogP contribution in [0.2, 0.25) is 0 Å². The second kappa shape index (κ2) is 6.76. The normalized spacial score (nSPS) is 13.4. The third-order valence-electron chi connectivity index (χ3n) is 2.96. The number of hydrogen-bond donors (Lipinski definition) is 1. The van der Waals surface area contributed by atoms with Crippen LogP contribution in [0.3, 0.4) is 0 Å². The van der Waals surface area contributed by atoms with Gasteiger partial charge in [-0.15, -0.1) is 0 Å². The van der Waals surface area contributed by atoms with Crippen molar-refractivity contribution < 1.29 is 4.74 Å². The number of ether oxygens (including phenoxy) is 1. The van der Waals surface area contributed by atoms with Crippen LogP contribution in [0, 0.1) is 12.3 Å². The molecule has 0 aliphatic heterocycles. The fourth-order valence-corrected chi connectivity index (χ4v) is 2.58. The lowest BCUT2D eigenvalue weighted by atomic mass is 9.93. The Kier molecular flexibility index (Phi) is 5.87. The van der Waals surface area contributed by atoms with E-state index in [0.29, 0.717) is 5.41 Å². The monoisotopic (exact) mass is 327 g/mol. The molecule has 0 radical (unpaired) electrons. The van der Waals surface area contributed by atoms with E-state index in [9.17, 15) is 0 Å². The molecular formula is C16H26BrNO. The van der Waals surface area contributed by atoms with Crippen LogP contribution in [0.5, 0.6) is 5.75 Å². The molecule has 0 aromatic heterocycles. The Morgan fingerprint density at radius 3 is 2.47 bits per heavy atom. The fourth-order valence-electron chi connectivity index (χ4n) is 1.96. The molecule has 1 atom stereocenters. The topological polar surface area (TPSA) is 35.2 Å². The van der Waals surface area contributed by atoms with E-state index in [4.69, 9.17) is 10.5 Å². The van der Waals surface area contributed by atoms with Crippen LogP contribution in [0.4, 0.5) is 0 Å². The summed E-state index contributed by atoms with van der Waals surface area (Å²) in [5.41, 5.74) is 8.57. The summed E-state index contributed by atoms with van der Waals surface area (Å²) in [6.07, 6.45) is 1.88. The highest BCUT2D eigenvalue weighted by Gasteiger charge is 2.14. The maximum atomic E-state index is 6.02. The van der Waals surface area contributed by atoms with E-state index in [0.717, 1.165) is 29.7 Å². The smallest absolute Gasteiger partial charge is 0.125 e. The fraction of sp³-hybridized carbons (Fsp3) is 0.625. The second-order valence-corrected chi connectivity index (χ2v) is 7.47. The average molecular weight is 328 g/mol. The molecular weight excluding hydrogens is 302 g/mol. The Hall–Kier alpha value is -0.540. The molecule has 0 heterocycles. The minimum atomic E-state index is 0.138. The first kappa shape index (κ1) is 16.5. The Morgan fingerprint density at radius 2 is 1.95 bits per heavy atom. The number of nitrogens with two attached hydrogens (primary N) is 1. The summed E-state index contributed by atoms with van der Waals surface area (Å²) in [6.45, 7) is 11.5. The third-order valence-corrected chi connectivity index (χ3v) is 3.41. The molecule has 1 aromatic rings. The molecule has 0 saturated carbocycles. The van der Waals surface area contributed by atoms with E-state index in [1.807, 2.05) is 6.92 Å². The molecule has 2 nitrogen and oxygen atoms in total. The maximum absolute atomic E-state index is 6.02. The lowest BCUT2D eigenvalue weighted by Crippen LogP contribution is -2.19. The van der Waals surface area contributed by atoms with Gasteiger partial charge in [-0.3, -0.25) is 0 Å². The highest BCUT2D eigenvalue weighted by atomic mass is 79.9. The Morgan fingerprint density at radius 1 is 1.32 bits per heavy atom. The van der Waals surface area contributed by atoms with Gasteiger partial charge in [-0.1, -0.05) is 36.7 Å². The molecule has 0 fully saturated rings. The molecule has 0 spiro atoms. The summed E-state index contributed by atoms with van der Waals surface area (Å²) in [5, 5.41) is 0. The first-order valence-electron chi connectivity index (χ1n) is 6.86. The Labute approximate surface area is 125 Å². The summed E-state index contributed by atoms with van der Waals surface area (Å²) in [6, 6.07) is 4.35. The predicted molar refractivity (Wildman–Crippen MR) is 85.8 cm³/mol. The van der Waals surface area contributed by atoms with Crippen molar-refractivity contribution in [1.82, 2.24) is 0 Å². The molecule has 0 saturated heterocycles. The zero-order valence-electron chi connectivity index (χ0n) is 12.7. The number of benzene rings is 1. The quantitative estimate of drug-likeness (QED) is 0.866. The first-order valence-corrected chi connectivity index (χ1v) is 7.66. The van der Waals surface area contributed by atoms with Gasteiger partial charge in [0.25, 0.3) is 0 Å². The first-order chi connectivity index (χ1) is 8.69. The van der Waals surface area contributed by atoms with E-state index in [2.05, 4.69) is 55.8 Å². The van der Waals surface area contributed by atoms with E-state index in [1.165, 1.54) is 11.1 Å². The molecule has 1 aromatic carbocycles. The lowest BCUT2D eigenvalue weighted by Gasteiger charge is -2.21. The van der Waals surface area contributed by atoms with Gasteiger partial charge in [0.2, 0.25) is 0 Å². The van der Waals surface area contributed by atoms with E-state index in [1.54, 1.807) is 0 Å². The minimum absolute atomic E-state index is 0.138. The van der Waals surface area contributed by atoms with Crippen molar-refractivity contribution in [2.75, 3.05) is 6.61 Å². The second-order valence-electron chi connectivity index (χ2n) is 6.55. The Bertz CT molecular complexity index is 421. The molecule has 3 heteroatoms. The summed E-state index contributed by atoms with van der Waals surface area (Å²) in [4.78, 5) is 0. The predicted octanol–water partition coefficient (Wildman–Crippen LogP) is 4.46. The van der Waals surface area contributed by atoms with Crippen LogP contribution in [0.25, 0.3) is 0 Å². The van der Waals surface area contributed by atoms with Crippen LogP contribution in [0.1, 0.15) is 45.2 Å². The molecule has 1 unspecified atom stereocenters.